The first-order valence-corrected chi connectivity index (χ1v) is 5.82. The average Bonchev–Trinajstić information content (AvgIpc) is 2.31. The maximum atomic E-state index is 3.90. The SMILES string of the molecule is C=CN1CCCCC1Cc1ccccc1. The molecule has 0 aromatic heterocycles. The van der Waals surface area contributed by atoms with E-state index in [1.54, 1.807) is 0 Å². The van der Waals surface area contributed by atoms with E-state index >= 15 is 0 Å². The van der Waals surface area contributed by atoms with Gasteiger partial charge in [0.1, 0.15) is 0 Å². The molecule has 15 heavy (non-hydrogen) atoms. The zero-order valence-corrected chi connectivity index (χ0v) is 9.23. The van der Waals surface area contributed by atoms with Crippen LogP contribution in [0.15, 0.2) is 43.1 Å². The minimum atomic E-state index is 0.665. The molecule has 2 rings (SSSR count). The first-order chi connectivity index (χ1) is 7.40. The lowest BCUT2D eigenvalue weighted by atomic mass is 9.96. The fraction of sp³-hybridized carbons (Fsp3) is 0.429. The van der Waals surface area contributed by atoms with Crippen molar-refractivity contribution < 1.29 is 0 Å². The number of hydrogen-bond acceptors (Lipinski definition) is 1. The molecule has 1 heteroatoms. The van der Waals surface area contributed by atoms with Gasteiger partial charge in [0.15, 0.2) is 0 Å². The summed E-state index contributed by atoms with van der Waals surface area (Å²) in [4.78, 5) is 2.40. The third kappa shape index (κ3) is 2.62. The maximum absolute atomic E-state index is 3.90. The van der Waals surface area contributed by atoms with Crippen molar-refractivity contribution in [2.75, 3.05) is 6.54 Å². The smallest absolute Gasteiger partial charge is 0.0324 e. The van der Waals surface area contributed by atoms with Gasteiger partial charge in [-0.25, -0.2) is 0 Å². The Kier molecular flexibility index (Phi) is 3.44. The molecule has 1 aromatic rings. The molecule has 1 aromatic carbocycles. The Labute approximate surface area is 92.4 Å². The summed E-state index contributed by atoms with van der Waals surface area (Å²) in [7, 11) is 0. The summed E-state index contributed by atoms with van der Waals surface area (Å²) >= 11 is 0. The van der Waals surface area contributed by atoms with Gasteiger partial charge in [0.25, 0.3) is 0 Å². The van der Waals surface area contributed by atoms with Crippen LogP contribution in [0.25, 0.3) is 0 Å². The Hall–Kier alpha value is -1.24. The van der Waals surface area contributed by atoms with Gasteiger partial charge in [-0.2, -0.15) is 0 Å². The first kappa shape index (κ1) is 10.3. The van der Waals surface area contributed by atoms with Crippen molar-refractivity contribution in [3.8, 4) is 0 Å². The molecule has 1 unspecified atom stereocenters. The summed E-state index contributed by atoms with van der Waals surface area (Å²) in [6.45, 7) is 5.08. The summed E-state index contributed by atoms with van der Waals surface area (Å²) < 4.78 is 0. The Morgan fingerprint density at radius 3 is 2.80 bits per heavy atom. The van der Waals surface area contributed by atoms with Gasteiger partial charge in [0.05, 0.1) is 0 Å². The topological polar surface area (TPSA) is 3.24 Å². The van der Waals surface area contributed by atoms with Crippen molar-refractivity contribution in [3.05, 3.63) is 48.7 Å². The van der Waals surface area contributed by atoms with Gasteiger partial charge in [0, 0.05) is 12.6 Å². The third-order valence-electron chi connectivity index (χ3n) is 3.22. The first-order valence-electron chi connectivity index (χ1n) is 5.82. The number of hydrogen-bond donors (Lipinski definition) is 0. The van der Waals surface area contributed by atoms with Crippen molar-refractivity contribution in [1.29, 1.82) is 0 Å². The Balaban J connectivity index is 2.00. The van der Waals surface area contributed by atoms with Gasteiger partial charge in [-0.3, -0.25) is 0 Å². The monoisotopic (exact) mass is 201 g/mol. The van der Waals surface area contributed by atoms with Gasteiger partial charge in [-0.1, -0.05) is 36.9 Å². The number of benzene rings is 1. The minimum Gasteiger partial charge on any atom is -0.375 e. The number of piperidine rings is 1. The average molecular weight is 201 g/mol. The number of rotatable bonds is 3. The van der Waals surface area contributed by atoms with Gasteiger partial charge in [-0.05, 0) is 37.4 Å². The fourth-order valence-corrected chi connectivity index (χ4v) is 2.37. The van der Waals surface area contributed by atoms with Crippen molar-refractivity contribution in [1.82, 2.24) is 4.90 Å². The van der Waals surface area contributed by atoms with E-state index in [-0.39, 0.29) is 0 Å². The van der Waals surface area contributed by atoms with Crippen LogP contribution in [0.5, 0.6) is 0 Å². The molecule has 1 saturated heterocycles. The second kappa shape index (κ2) is 5.01. The second-order valence-electron chi connectivity index (χ2n) is 4.26. The van der Waals surface area contributed by atoms with Crippen LogP contribution in [-0.4, -0.2) is 17.5 Å². The highest BCUT2D eigenvalue weighted by molar-refractivity contribution is 5.16. The van der Waals surface area contributed by atoms with Crippen LogP contribution < -0.4 is 0 Å². The van der Waals surface area contributed by atoms with Crippen molar-refractivity contribution in [3.63, 3.8) is 0 Å². The molecule has 1 nitrogen and oxygen atoms in total. The second-order valence-corrected chi connectivity index (χ2v) is 4.26. The molecule has 80 valence electrons. The summed E-state index contributed by atoms with van der Waals surface area (Å²) in [5, 5.41) is 0. The van der Waals surface area contributed by atoms with E-state index in [0.29, 0.717) is 6.04 Å². The molecule has 0 spiro atoms. The molecular formula is C14H19N. The molecule has 0 N–H and O–H groups in total. The van der Waals surface area contributed by atoms with Crippen LogP contribution in [0, 0.1) is 0 Å². The number of likely N-dealkylation sites (tertiary alicyclic amines) is 1. The number of nitrogens with zero attached hydrogens (tertiary/aromatic N) is 1. The Morgan fingerprint density at radius 1 is 1.27 bits per heavy atom. The molecule has 1 aliphatic heterocycles. The van der Waals surface area contributed by atoms with Gasteiger partial charge >= 0.3 is 0 Å². The highest BCUT2D eigenvalue weighted by Crippen LogP contribution is 2.20. The van der Waals surface area contributed by atoms with Crippen molar-refractivity contribution in [2.24, 2.45) is 0 Å². The highest BCUT2D eigenvalue weighted by atomic mass is 15.1. The van der Waals surface area contributed by atoms with Gasteiger partial charge < -0.3 is 4.90 Å². The predicted molar refractivity (Wildman–Crippen MR) is 64.7 cm³/mol. The molecule has 0 bridgehead atoms. The minimum absolute atomic E-state index is 0.665. The molecule has 0 radical (unpaired) electrons. The quantitative estimate of drug-likeness (QED) is 0.725. The largest absolute Gasteiger partial charge is 0.375 e. The lowest BCUT2D eigenvalue weighted by Crippen LogP contribution is -2.36. The molecule has 0 saturated carbocycles. The van der Waals surface area contributed by atoms with Crippen LogP contribution in [0.2, 0.25) is 0 Å². The van der Waals surface area contributed by atoms with E-state index in [2.05, 4.69) is 41.8 Å². The van der Waals surface area contributed by atoms with E-state index in [1.807, 2.05) is 6.20 Å². The molecule has 0 amide bonds. The standard InChI is InChI=1S/C14H19N/c1-2-15-11-7-6-10-14(15)12-13-8-4-3-5-9-13/h2-5,8-9,14H,1,6-7,10-12H2. The maximum Gasteiger partial charge on any atom is 0.0324 e. The molecule has 1 atom stereocenters. The molecule has 1 fully saturated rings. The van der Waals surface area contributed by atoms with Crippen LogP contribution in [0.3, 0.4) is 0 Å². The summed E-state index contributed by atoms with van der Waals surface area (Å²) in [5.41, 5.74) is 1.44. The van der Waals surface area contributed by atoms with Crippen LogP contribution in [0.4, 0.5) is 0 Å². The lowest BCUT2D eigenvalue weighted by molar-refractivity contribution is 0.212. The summed E-state index contributed by atoms with van der Waals surface area (Å²) in [6, 6.07) is 11.4. The molecular weight excluding hydrogens is 182 g/mol. The Bertz CT molecular complexity index is 304. The third-order valence-corrected chi connectivity index (χ3v) is 3.22. The van der Waals surface area contributed by atoms with E-state index in [4.69, 9.17) is 0 Å². The molecule has 0 aliphatic carbocycles. The predicted octanol–water partition coefficient (Wildman–Crippen LogP) is 3.23. The highest BCUT2D eigenvalue weighted by Gasteiger charge is 2.19. The fourth-order valence-electron chi connectivity index (χ4n) is 2.37. The van der Waals surface area contributed by atoms with E-state index in [0.717, 1.165) is 6.42 Å². The van der Waals surface area contributed by atoms with E-state index in [9.17, 15) is 0 Å². The summed E-state index contributed by atoms with van der Waals surface area (Å²) in [6.07, 6.45) is 7.15. The molecule has 1 aliphatic rings. The van der Waals surface area contributed by atoms with Crippen molar-refractivity contribution >= 4 is 0 Å². The van der Waals surface area contributed by atoms with Crippen LogP contribution in [-0.2, 0) is 6.42 Å². The van der Waals surface area contributed by atoms with Gasteiger partial charge in [-0.15, -0.1) is 0 Å². The lowest BCUT2D eigenvalue weighted by Gasteiger charge is -2.34. The normalized spacial score (nSPS) is 21.3. The van der Waals surface area contributed by atoms with Gasteiger partial charge in [0.2, 0.25) is 0 Å². The zero-order chi connectivity index (χ0) is 10.5. The van der Waals surface area contributed by atoms with Crippen LogP contribution >= 0.6 is 0 Å². The van der Waals surface area contributed by atoms with Crippen LogP contribution in [0.1, 0.15) is 24.8 Å². The Morgan fingerprint density at radius 2 is 2.07 bits per heavy atom. The molecule has 1 heterocycles. The van der Waals surface area contributed by atoms with E-state index < -0.39 is 0 Å². The van der Waals surface area contributed by atoms with E-state index in [1.165, 1.54) is 31.4 Å². The summed E-state index contributed by atoms with van der Waals surface area (Å²) in [5.74, 6) is 0. The van der Waals surface area contributed by atoms with Crippen molar-refractivity contribution in [2.45, 2.75) is 31.7 Å². The zero-order valence-electron chi connectivity index (χ0n) is 9.23.